The third kappa shape index (κ3) is 1.52. The number of carbonyl (C=O) groups is 1. The Hall–Kier alpha value is -1.24. The van der Waals surface area contributed by atoms with Crippen LogP contribution in [0.4, 0.5) is 4.39 Å². The first-order valence-corrected chi connectivity index (χ1v) is 6.11. The van der Waals surface area contributed by atoms with Crippen LogP contribution in [0.2, 0.25) is 0 Å². The van der Waals surface area contributed by atoms with Gasteiger partial charge in [0.15, 0.2) is 5.69 Å². The number of esters is 1. The zero-order valence-corrected chi connectivity index (χ0v) is 11.0. The number of halogens is 2. The van der Waals surface area contributed by atoms with E-state index in [1.54, 1.807) is 0 Å². The highest BCUT2D eigenvalue weighted by atomic mass is 127. The van der Waals surface area contributed by atoms with Crippen LogP contribution in [0.3, 0.4) is 0 Å². The third-order valence-electron chi connectivity index (χ3n) is 2.76. The Kier molecular flexibility index (Phi) is 2.32. The number of cyclic esters (lactones) is 1. The van der Waals surface area contributed by atoms with E-state index in [-0.39, 0.29) is 17.8 Å². The molecule has 0 saturated heterocycles. The van der Waals surface area contributed by atoms with Gasteiger partial charge in [-0.05, 0) is 47.2 Å². The molecule has 0 fully saturated rings. The lowest BCUT2D eigenvalue weighted by molar-refractivity contribution is 0.0530. The molecule has 0 bridgehead atoms. The van der Waals surface area contributed by atoms with Gasteiger partial charge in [0.25, 0.3) is 0 Å². The first-order valence-electron chi connectivity index (χ1n) is 5.03. The molecule has 1 aromatic carbocycles. The normalized spacial score (nSPS) is 13.9. The lowest BCUT2D eigenvalue weighted by Gasteiger charge is -2.06. The van der Waals surface area contributed by atoms with Crippen molar-refractivity contribution >= 4 is 39.5 Å². The summed E-state index contributed by atoms with van der Waals surface area (Å²) in [6.45, 7) is 2.05. The Morgan fingerprint density at radius 2 is 2.24 bits per heavy atom. The molecule has 3 nitrogen and oxygen atoms in total. The van der Waals surface area contributed by atoms with Gasteiger partial charge >= 0.3 is 5.97 Å². The van der Waals surface area contributed by atoms with E-state index in [4.69, 9.17) is 4.74 Å². The summed E-state index contributed by atoms with van der Waals surface area (Å²) >= 11 is 2.11. The van der Waals surface area contributed by atoms with Crippen molar-refractivity contribution in [3.8, 4) is 0 Å². The minimum Gasteiger partial charge on any atom is -0.456 e. The number of aromatic nitrogens is 1. The Labute approximate surface area is 110 Å². The number of rotatable bonds is 0. The van der Waals surface area contributed by atoms with E-state index in [2.05, 4.69) is 27.6 Å². The van der Waals surface area contributed by atoms with Crippen molar-refractivity contribution in [1.29, 1.82) is 0 Å². The minimum atomic E-state index is -0.472. The van der Waals surface area contributed by atoms with Crippen molar-refractivity contribution in [3.05, 3.63) is 38.3 Å². The smallest absolute Gasteiger partial charge is 0.357 e. The molecule has 5 heteroatoms. The average Bonchev–Trinajstić information content (AvgIpc) is 2.63. The number of fused-ring (bicyclic) bond motifs is 2. The highest BCUT2D eigenvalue weighted by molar-refractivity contribution is 14.1. The van der Waals surface area contributed by atoms with Gasteiger partial charge in [-0.25, -0.2) is 14.2 Å². The second kappa shape index (κ2) is 3.63. The molecule has 17 heavy (non-hydrogen) atoms. The van der Waals surface area contributed by atoms with E-state index in [0.29, 0.717) is 0 Å². The van der Waals surface area contributed by atoms with Crippen LogP contribution in [0, 0.1) is 16.3 Å². The lowest BCUT2D eigenvalue weighted by Crippen LogP contribution is -2.01. The molecule has 0 saturated carbocycles. The maximum atomic E-state index is 13.8. The van der Waals surface area contributed by atoms with Gasteiger partial charge in [0.05, 0.1) is 0 Å². The van der Waals surface area contributed by atoms with Gasteiger partial charge in [-0.2, -0.15) is 0 Å². The molecule has 1 aromatic heterocycles. The summed E-state index contributed by atoms with van der Waals surface area (Å²) in [6.07, 6.45) is 0. The first kappa shape index (κ1) is 10.9. The van der Waals surface area contributed by atoms with Gasteiger partial charge in [-0.3, -0.25) is 0 Å². The van der Waals surface area contributed by atoms with Crippen LogP contribution in [0.25, 0.3) is 10.9 Å². The van der Waals surface area contributed by atoms with E-state index in [0.717, 1.165) is 20.1 Å². The summed E-state index contributed by atoms with van der Waals surface area (Å²) in [6, 6.07) is 3.29. The van der Waals surface area contributed by atoms with Crippen LogP contribution in [0.5, 0.6) is 0 Å². The molecule has 0 unspecified atom stereocenters. The van der Waals surface area contributed by atoms with Crippen molar-refractivity contribution in [2.75, 3.05) is 0 Å². The quantitative estimate of drug-likeness (QED) is 0.545. The summed E-state index contributed by atoms with van der Waals surface area (Å²) in [5, 5.41) is 0.736. The fourth-order valence-electron chi connectivity index (χ4n) is 1.97. The predicted molar refractivity (Wildman–Crippen MR) is 68.3 cm³/mol. The monoisotopic (exact) mass is 343 g/mol. The lowest BCUT2D eigenvalue weighted by atomic mass is 10.1. The largest absolute Gasteiger partial charge is 0.456 e. The maximum Gasteiger partial charge on any atom is 0.357 e. The molecule has 1 aliphatic rings. The summed E-state index contributed by atoms with van der Waals surface area (Å²) in [5.74, 6) is -0.875. The fraction of sp³-hybridized carbons (Fsp3) is 0.167. The molecular formula is C12H7FINO2. The molecule has 2 heterocycles. The molecule has 0 spiro atoms. The molecule has 0 radical (unpaired) electrons. The van der Waals surface area contributed by atoms with Crippen molar-refractivity contribution in [3.63, 3.8) is 0 Å². The van der Waals surface area contributed by atoms with Crippen LogP contribution in [-0.4, -0.2) is 11.0 Å². The van der Waals surface area contributed by atoms with E-state index in [1.165, 1.54) is 6.07 Å². The number of nitrogens with zero attached hydrogens (tertiary/aromatic N) is 1. The summed E-state index contributed by atoms with van der Waals surface area (Å²) in [7, 11) is 0. The van der Waals surface area contributed by atoms with Crippen molar-refractivity contribution < 1.29 is 13.9 Å². The number of pyridine rings is 1. The van der Waals surface area contributed by atoms with E-state index in [1.807, 2.05) is 13.0 Å². The zero-order chi connectivity index (χ0) is 12.2. The molecule has 0 aliphatic carbocycles. The Bertz CT molecular complexity index is 669. The second-order valence-electron chi connectivity index (χ2n) is 3.97. The minimum absolute atomic E-state index is 0.227. The predicted octanol–water partition coefficient (Wildman–Crippen LogP) is 2.96. The number of aryl methyl sites for hydroxylation is 1. The summed E-state index contributed by atoms with van der Waals surface area (Å²) in [5.41, 5.74) is 2.07. The SMILES string of the molecule is Cc1cc(F)c2nc3c(c(I)c2c1)COC3=O. The molecule has 0 N–H and O–H groups in total. The average molecular weight is 343 g/mol. The highest BCUT2D eigenvalue weighted by Gasteiger charge is 2.27. The van der Waals surface area contributed by atoms with Crippen molar-refractivity contribution in [2.24, 2.45) is 0 Å². The van der Waals surface area contributed by atoms with Gasteiger partial charge in [-0.1, -0.05) is 0 Å². The Balaban J connectivity index is 2.48. The molecular weight excluding hydrogens is 336 g/mol. The van der Waals surface area contributed by atoms with Gasteiger partial charge in [-0.15, -0.1) is 0 Å². The Morgan fingerprint density at radius 1 is 1.47 bits per heavy atom. The van der Waals surface area contributed by atoms with Crippen LogP contribution >= 0.6 is 22.6 Å². The van der Waals surface area contributed by atoms with E-state index < -0.39 is 11.8 Å². The van der Waals surface area contributed by atoms with E-state index >= 15 is 0 Å². The fourth-order valence-corrected chi connectivity index (χ4v) is 2.79. The van der Waals surface area contributed by atoms with Crippen LogP contribution < -0.4 is 0 Å². The van der Waals surface area contributed by atoms with E-state index in [9.17, 15) is 9.18 Å². The van der Waals surface area contributed by atoms with Gasteiger partial charge in [0.2, 0.25) is 0 Å². The van der Waals surface area contributed by atoms with Crippen LogP contribution in [-0.2, 0) is 11.3 Å². The first-order chi connectivity index (χ1) is 8.08. The highest BCUT2D eigenvalue weighted by Crippen LogP contribution is 2.31. The number of ether oxygens (including phenoxy) is 1. The topological polar surface area (TPSA) is 39.2 Å². The van der Waals surface area contributed by atoms with Gasteiger partial charge < -0.3 is 4.74 Å². The van der Waals surface area contributed by atoms with Crippen molar-refractivity contribution in [1.82, 2.24) is 4.98 Å². The summed E-state index contributed by atoms with van der Waals surface area (Å²) in [4.78, 5) is 15.5. The number of hydrogen-bond donors (Lipinski definition) is 0. The molecule has 1 aliphatic heterocycles. The number of carbonyl (C=O) groups excluding carboxylic acids is 1. The second-order valence-corrected chi connectivity index (χ2v) is 5.05. The van der Waals surface area contributed by atoms with Gasteiger partial charge in [0.1, 0.15) is 17.9 Å². The van der Waals surface area contributed by atoms with Gasteiger partial charge in [0, 0.05) is 14.5 Å². The standard InChI is InChI=1S/C12H7FINO2/c1-5-2-6-9(14)7-4-17-12(16)11(7)15-10(6)8(13)3-5/h2-3H,4H2,1H3. The molecule has 2 aromatic rings. The summed E-state index contributed by atoms with van der Waals surface area (Å²) < 4.78 is 19.6. The maximum absolute atomic E-state index is 13.8. The molecule has 86 valence electrons. The van der Waals surface area contributed by atoms with Crippen LogP contribution in [0.15, 0.2) is 12.1 Å². The Morgan fingerprint density at radius 3 is 3.00 bits per heavy atom. The third-order valence-corrected chi connectivity index (χ3v) is 3.99. The number of benzene rings is 1. The molecule has 3 rings (SSSR count). The molecule has 0 amide bonds. The zero-order valence-electron chi connectivity index (χ0n) is 8.88. The molecule has 0 atom stereocenters. The van der Waals surface area contributed by atoms with Crippen molar-refractivity contribution in [2.45, 2.75) is 13.5 Å². The number of hydrogen-bond acceptors (Lipinski definition) is 3. The van der Waals surface area contributed by atoms with Crippen LogP contribution in [0.1, 0.15) is 21.6 Å².